The summed E-state index contributed by atoms with van der Waals surface area (Å²) in [6, 6.07) is 14.3. The Morgan fingerprint density at radius 1 is 1.04 bits per heavy atom. The van der Waals surface area contributed by atoms with Crippen molar-refractivity contribution >= 4 is 11.7 Å². The average Bonchev–Trinajstić information content (AvgIpc) is 2.70. The van der Waals surface area contributed by atoms with Crippen LogP contribution in [0.25, 0.3) is 11.1 Å². The molecule has 0 N–H and O–H groups in total. The minimum Gasteiger partial charge on any atom is -0.493 e. The van der Waals surface area contributed by atoms with E-state index < -0.39 is 4.92 Å². The first-order valence-electron chi connectivity index (χ1n) is 9.28. The number of hydrogen-bond donors (Lipinski definition) is 0. The van der Waals surface area contributed by atoms with Gasteiger partial charge in [-0.2, -0.15) is 0 Å². The second-order valence-electron chi connectivity index (χ2n) is 6.48. The van der Waals surface area contributed by atoms with Crippen LogP contribution in [0.3, 0.4) is 0 Å². The molecule has 0 radical (unpaired) electrons. The quantitative estimate of drug-likeness (QED) is 0.172. The normalized spacial score (nSPS) is 10.3. The molecule has 2 rings (SSSR count). The predicted molar refractivity (Wildman–Crippen MR) is 108 cm³/mol. The molecule has 0 spiro atoms. The topological polar surface area (TPSA) is 78.7 Å². The van der Waals surface area contributed by atoms with E-state index in [9.17, 15) is 14.9 Å². The first-order valence-corrected chi connectivity index (χ1v) is 9.28. The summed E-state index contributed by atoms with van der Waals surface area (Å²) in [5.41, 5.74) is 2.19. The molecule has 0 unspecified atom stereocenters. The maximum atomic E-state index is 11.3. The molecule has 0 bridgehead atoms. The van der Waals surface area contributed by atoms with E-state index in [1.54, 1.807) is 13.0 Å². The Hall–Kier alpha value is -3.15. The van der Waals surface area contributed by atoms with Gasteiger partial charge in [0.15, 0.2) is 0 Å². The van der Waals surface area contributed by atoms with Gasteiger partial charge < -0.3 is 9.47 Å². The summed E-state index contributed by atoms with van der Waals surface area (Å²) in [6.45, 7) is 6.01. The lowest BCUT2D eigenvalue weighted by Gasteiger charge is -2.12. The van der Waals surface area contributed by atoms with E-state index in [4.69, 9.17) is 9.47 Å². The van der Waals surface area contributed by atoms with Gasteiger partial charge in [0, 0.05) is 17.2 Å². The van der Waals surface area contributed by atoms with Crippen molar-refractivity contribution < 1.29 is 19.2 Å². The highest BCUT2D eigenvalue weighted by Gasteiger charge is 2.13. The molecule has 2 aromatic carbocycles. The van der Waals surface area contributed by atoms with Gasteiger partial charge in [0.25, 0.3) is 5.69 Å². The predicted octanol–water partition coefficient (Wildman–Crippen LogP) is 5.32. The van der Waals surface area contributed by atoms with Gasteiger partial charge >= 0.3 is 5.97 Å². The van der Waals surface area contributed by atoms with Crippen molar-refractivity contribution in [3.05, 3.63) is 70.8 Å². The van der Waals surface area contributed by atoms with Crippen molar-refractivity contribution in [2.75, 3.05) is 13.2 Å². The minimum atomic E-state index is -0.423. The highest BCUT2D eigenvalue weighted by atomic mass is 16.6. The fraction of sp³-hybridized carbons (Fsp3) is 0.318. The largest absolute Gasteiger partial charge is 0.493 e. The van der Waals surface area contributed by atoms with E-state index in [0.717, 1.165) is 36.8 Å². The zero-order valence-corrected chi connectivity index (χ0v) is 16.1. The molecule has 0 aliphatic rings. The molecule has 0 saturated carbocycles. The van der Waals surface area contributed by atoms with Crippen LogP contribution in [0.1, 0.15) is 32.6 Å². The summed E-state index contributed by atoms with van der Waals surface area (Å²) >= 11 is 0. The summed E-state index contributed by atoms with van der Waals surface area (Å²) in [7, 11) is 0. The summed E-state index contributed by atoms with van der Waals surface area (Å²) in [5.74, 6) is 0.151. The van der Waals surface area contributed by atoms with Crippen LogP contribution in [0.4, 0.5) is 5.69 Å². The molecule has 0 atom stereocenters. The van der Waals surface area contributed by atoms with Crippen molar-refractivity contribution in [1.29, 1.82) is 0 Å². The molecule has 0 aliphatic heterocycles. The molecular formula is C22H25NO5. The van der Waals surface area contributed by atoms with Crippen LogP contribution < -0.4 is 4.74 Å². The van der Waals surface area contributed by atoms with Crippen molar-refractivity contribution in [3.8, 4) is 16.9 Å². The number of hydrogen-bond acceptors (Lipinski definition) is 5. The van der Waals surface area contributed by atoms with Crippen LogP contribution in [0.2, 0.25) is 0 Å². The molecule has 0 amide bonds. The lowest BCUT2D eigenvalue weighted by Crippen LogP contribution is -2.06. The lowest BCUT2D eigenvalue weighted by atomic mass is 10.0. The number of benzene rings is 2. The first-order chi connectivity index (χ1) is 13.5. The smallest absolute Gasteiger partial charge is 0.333 e. The Kier molecular flexibility index (Phi) is 8.21. The molecule has 0 saturated heterocycles. The Labute approximate surface area is 164 Å². The summed E-state index contributed by atoms with van der Waals surface area (Å²) < 4.78 is 10.9. The van der Waals surface area contributed by atoms with Gasteiger partial charge in [-0.3, -0.25) is 10.1 Å². The van der Waals surface area contributed by atoms with Crippen LogP contribution in [0.5, 0.6) is 5.75 Å². The van der Waals surface area contributed by atoms with Gasteiger partial charge in [0.2, 0.25) is 0 Å². The number of nitrogens with zero attached hydrogens (tertiary/aromatic N) is 1. The molecule has 2 aromatic rings. The van der Waals surface area contributed by atoms with Crippen LogP contribution in [-0.2, 0) is 9.53 Å². The van der Waals surface area contributed by atoms with Crippen molar-refractivity contribution in [2.24, 2.45) is 0 Å². The third-order valence-corrected chi connectivity index (χ3v) is 4.14. The third-order valence-electron chi connectivity index (χ3n) is 4.14. The number of nitro benzene ring substituents is 1. The fourth-order valence-electron chi connectivity index (χ4n) is 2.63. The molecule has 0 aromatic heterocycles. The number of carbonyl (C=O) groups excluding carboxylic acids is 1. The third kappa shape index (κ3) is 6.54. The zero-order chi connectivity index (χ0) is 20.4. The molecule has 6 nitrogen and oxygen atoms in total. The van der Waals surface area contributed by atoms with E-state index in [1.807, 2.05) is 30.3 Å². The molecular weight excluding hydrogens is 358 g/mol. The molecule has 28 heavy (non-hydrogen) atoms. The Morgan fingerprint density at radius 2 is 1.71 bits per heavy atom. The monoisotopic (exact) mass is 383 g/mol. The lowest BCUT2D eigenvalue weighted by molar-refractivity contribution is -0.384. The number of nitro groups is 1. The number of esters is 1. The maximum Gasteiger partial charge on any atom is 0.333 e. The van der Waals surface area contributed by atoms with Crippen molar-refractivity contribution in [3.63, 3.8) is 0 Å². The number of carbonyl (C=O) groups is 1. The van der Waals surface area contributed by atoms with Gasteiger partial charge in [-0.1, -0.05) is 36.9 Å². The van der Waals surface area contributed by atoms with E-state index in [1.165, 1.54) is 12.1 Å². The molecule has 0 fully saturated rings. The van der Waals surface area contributed by atoms with E-state index in [2.05, 4.69) is 6.58 Å². The summed E-state index contributed by atoms with van der Waals surface area (Å²) in [6.07, 6.45) is 3.42. The number of non-ortho nitro benzene ring substituents is 1. The Bertz CT molecular complexity index is 817. The van der Waals surface area contributed by atoms with Crippen LogP contribution in [-0.4, -0.2) is 24.1 Å². The molecule has 148 valence electrons. The fourth-order valence-corrected chi connectivity index (χ4v) is 2.63. The van der Waals surface area contributed by atoms with Crippen LogP contribution in [0, 0.1) is 10.1 Å². The minimum absolute atomic E-state index is 0.00834. The maximum absolute atomic E-state index is 11.3. The van der Waals surface area contributed by atoms with Gasteiger partial charge in [-0.15, -0.1) is 0 Å². The van der Waals surface area contributed by atoms with Gasteiger partial charge in [-0.05, 0) is 44.2 Å². The average molecular weight is 383 g/mol. The van der Waals surface area contributed by atoms with E-state index in [0.29, 0.717) is 24.5 Å². The number of ether oxygens (including phenoxy) is 2. The molecule has 0 aliphatic carbocycles. The number of unbranched alkanes of at least 4 members (excludes halogenated alkanes) is 3. The Balaban J connectivity index is 1.84. The standard InChI is InChI=1S/C22H25NO5/c1-17(2)22(24)28-15-9-4-3-8-14-27-21-16-19(23(25)26)12-13-20(21)18-10-6-5-7-11-18/h5-7,10-13,16H,1,3-4,8-9,14-15H2,2H3. The summed E-state index contributed by atoms with van der Waals surface area (Å²) in [4.78, 5) is 21.9. The van der Waals surface area contributed by atoms with Crippen molar-refractivity contribution in [2.45, 2.75) is 32.6 Å². The first kappa shape index (κ1) is 21.2. The SMILES string of the molecule is C=C(C)C(=O)OCCCCCCOc1cc([N+](=O)[O-])ccc1-c1ccccc1. The van der Waals surface area contributed by atoms with Crippen LogP contribution in [0.15, 0.2) is 60.7 Å². The summed E-state index contributed by atoms with van der Waals surface area (Å²) in [5, 5.41) is 11.1. The number of rotatable bonds is 11. The second kappa shape index (κ2) is 10.9. The highest BCUT2D eigenvalue weighted by Crippen LogP contribution is 2.33. The zero-order valence-electron chi connectivity index (χ0n) is 16.1. The van der Waals surface area contributed by atoms with Gasteiger partial charge in [0.05, 0.1) is 24.2 Å². The van der Waals surface area contributed by atoms with Crippen molar-refractivity contribution in [1.82, 2.24) is 0 Å². The van der Waals surface area contributed by atoms with Gasteiger partial charge in [-0.25, -0.2) is 4.79 Å². The highest BCUT2D eigenvalue weighted by molar-refractivity contribution is 5.86. The van der Waals surface area contributed by atoms with E-state index in [-0.39, 0.29) is 11.7 Å². The van der Waals surface area contributed by atoms with E-state index >= 15 is 0 Å². The molecule has 6 heteroatoms. The molecule has 0 heterocycles. The van der Waals surface area contributed by atoms with Gasteiger partial charge in [0.1, 0.15) is 5.75 Å². The van der Waals surface area contributed by atoms with Crippen LogP contribution >= 0.6 is 0 Å². The Morgan fingerprint density at radius 3 is 2.36 bits per heavy atom. The second-order valence-corrected chi connectivity index (χ2v) is 6.48.